The average Bonchev–Trinajstić information content (AvgIpc) is 2.71. The zero-order valence-electron chi connectivity index (χ0n) is 10.6. The molecular weight excluding hydrogens is 241 g/mol. The Morgan fingerprint density at radius 3 is 2.74 bits per heavy atom. The number of para-hydroxylation sites is 1. The molecule has 2 aromatic carbocycles. The quantitative estimate of drug-likeness (QED) is 0.764. The number of anilines is 1. The van der Waals surface area contributed by atoms with Gasteiger partial charge in [-0.25, -0.2) is 9.37 Å². The summed E-state index contributed by atoms with van der Waals surface area (Å²) < 4.78 is 15.6. The van der Waals surface area contributed by atoms with Gasteiger partial charge in [-0.1, -0.05) is 30.3 Å². The van der Waals surface area contributed by atoms with Crippen LogP contribution in [0.25, 0.3) is 11.0 Å². The van der Waals surface area contributed by atoms with Gasteiger partial charge in [0.2, 0.25) is 5.95 Å². The lowest BCUT2D eigenvalue weighted by Crippen LogP contribution is -2.05. The fraction of sp³-hybridized carbons (Fsp3) is 0.133. The summed E-state index contributed by atoms with van der Waals surface area (Å²) in [5, 5.41) is 0. The molecular formula is C15H14FN3. The Morgan fingerprint density at radius 2 is 1.95 bits per heavy atom. The molecule has 0 bridgehead atoms. The average molecular weight is 255 g/mol. The smallest absolute Gasteiger partial charge is 0.201 e. The van der Waals surface area contributed by atoms with Gasteiger partial charge in [0.05, 0.1) is 17.6 Å². The van der Waals surface area contributed by atoms with Crippen LogP contribution in [0.2, 0.25) is 0 Å². The van der Waals surface area contributed by atoms with Gasteiger partial charge in [0.1, 0.15) is 5.82 Å². The topological polar surface area (TPSA) is 43.8 Å². The molecule has 0 saturated carbocycles. The summed E-state index contributed by atoms with van der Waals surface area (Å²) in [4.78, 5) is 4.36. The molecule has 0 amide bonds. The monoisotopic (exact) mass is 255 g/mol. The highest BCUT2D eigenvalue weighted by Gasteiger charge is 2.11. The molecule has 3 aromatic rings. The second-order valence-corrected chi connectivity index (χ2v) is 4.59. The third-order valence-corrected chi connectivity index (χ3v) is 3.30. The fourth-order valence-corrected chi connectivity index (χ4v) is 2.27. The number of nitrogen functional groups attached to an aromatic ring is 1. The standard InChI is InChI=1S/C15H14FN3/c1-10-5-4-8-13-14(10)18-15(17)19(13)9-11-6-2-3-7-12(11)16/h2-8H,9H2,1H3,(H2,17,18). The van der Waals surface area contributed by atoms with Gasteiger partial charge >= 0.3 is 0 Å². The third kappa shape index (κ3) is 1.95. The van der Waals surface area contributed by atoms with Crippen LogP contribution in [0, 0.1) is 12.7 Å². The normalized spacial score (nSPS) is 11.1. The number of imidazole rings is 1. The lowest BCUT2D eigenvalue weighted by molar-refractivity contribution is 0.602. The highest BCUT2D eigenvalue weighted by Crippen LogP contribution is 2.22. The Bertz CT molecular complexity index is 746. The van der Waals surface area contributed by atoms with E-state index < -0.39 is 0 Å². The van der Waals surface area contributed by atoms with Crippen molar-refractivity contribution in [3.05, 3.63) is 59.4 Å². The van der Waals surface area contributed by atoms with Gasteiger partial charge in [0.25, 0.3) is 0 Å². The number of fused-ring (bicyclic) bond motifs is 1. The van der Waals surface area contributed by atoms with Crippen molar-refractivity contribution in [2.24, 2.45) is 0 Å². The summed E-state index contributed by atoms with van der Waals surface area (Å²) in [5.41, 5.74) is 9.43. The first-order chi connectivity index (χ1) is 9.16. The molecule has 0 fully saturated rings. The van der Waals surface area contributed by atoms with Crippen molar-refractivity contribution in [2.45, 2.75) is 13.5 Å². The Labute approximate surface area is 110 Å². The van der Waals surface area contributed by atoms with Gasteiger partial charge < -0.3 is 10.3 Å². The maximum Gasteiger partial charge on any atom is 0.201 e. The molecule has 0 atom stereocenters. The van der Waals surface area contributed by atoms with Gasteiger partial charge in [0.15, 0.2) is 0 Å². The molecule has 2 N–H and O–H groups in total. The summed E-state index contributed by atoms with van der Waals surface area (Å²) in [7, 11) is 0. The molecule has 1 heterocycles. The van der Waals surface area contributed by atoms with Gasteiger partial charge in [-0.2, -0.15) is 0 Å². The zero-order chi connectivity index (χ0) is 13.4. The molecule has 0 aliphatic carbocycles. The van der Waals surface area contributed by atoms with Crippen molar-refractivity contribution in [3.63, 3.8) is 0 Å². The predicted molar refractivity (Wildman–Crippen MR) is 74.4 cm³/mol. The van der Waals surface area contributed by atoms with Crippen LogP contribution in [0.15, 0.2) is 42.5 Å². The van der Waals surface area contributed by atoms with Crippen LogP contribution in [0.1, 0.15) is 11.1 Å². The number of hydrogen-bond acceptors (Lipinski definition) is 2. The predicted octanol–water partition coefficient (Wildman–Crippen LogP) is 3.11. The molecule has 0 spiro atoms. The number of nitrogens with zero attached hydrogens (tertiary/aromatic N) is 2. The Morgan fingerprint density at radius 1 is 1.16 bits per heavy atom. The molecule has 4 heteroatoms. The van der Waals surface area contributed by atoms with Crippen molar-refractivity contribution in [2.75, 3.05) is 5.73 Å². The van der Waals surface area contributed by atoms with Crippen molar-refractivity contribution in [3.8, 4) is 0 Å². The molecule has 1 aromatic heterocycles. The van der Waals surface area contributed by atoms with E-state index in [0.29, 0.717) is 18.1 Å². The lowest BCUT2D eigenvalue weighted by Gasteiger charge is -2.07. The minimum atomic E-state index is -0.226. The number of halogens is 1. The molecule has 0 saturated heterocycles. The zero-order valence-corrected chi connectivity index (χ0v) is 10.6. The van der Waals surface area contributed by atoms with Crippen LogP contribution >= 0.6 is 0 Å². The van der Waals surface area contributed by atoms with Crippen LogP contribution in [0.5, 0.6) is 0 Å². The van der Waals surface area contributed by atoms with Gasteiger partial charge in [-0.15, -0.1) is 0 Å². The van der Waals surface area contributed by atoms with Crippen LogP contribution < -0.4 is 5.73 Å². The number of aryl methyl sites for hydroxylation is 1. The Kier molecular flexibility index (Phi) is 2.71. The molecule has 19 heavy (non-hydrogen) atoms. The molecule has 3 nitrogen and oxygen atoms in total. The second-order valence-electron chi connectivity index (χ2n) is 4.59. The number of nitrogens with two attached hydrogens (primary N) is 1. The number of aromatic nitrogens is 2. The second kappa shape index (κ2) is 4.39. The van der Waals surface area contributed by atoms with E-state index in [1.54, 1.807) is 12.1 Å². The summed E-state index contributed by atoms with van der Waals surface area (Å²) >= 11 is 0. The third-order valence-electron chi connectivity index (χ3n) is 3.30. The molecule has 0 unspecified atom stereocenters. The van der Waals surface area contributed by atoms with Gasteiger partial charge in [-0.3, -0.25) is 0 Å². The van der Waals surface area contributed by atoms with Crippen molar-refractivity contribution in [1.29, 1.82) is 0 Å². The van der Waals surface area contributed by atoms with E-state index in [4.69, 9.17) is 5.73 Å². The van der Waals surface area contributed by atoms with E-state index in [2.05, 4.69) is 4.98 Å². The largest absolute Gasteiger partial charge is 0.369 e. The molecule has 96 valence electrons. The summed E-state index contributed by atoms with van der Waals surface area (Å²) in [6.07, 6.45) is 0. The van der Waals surface area contributed by atoms with Crippen LogP contribution in [-0.2, 0) is 6.54 Å². The maximum atomic E-state index is 13.7. The van der Waals surface area contributed by atoms with E-state index in [1.165, 1.54) is 6.07 Å². The fourth-order valence-electron chi connectivity index (χ4n) is 2.27. The van der Waals surface area contributed by atoms with Crippen molar-refractivity contribution in [1.82, 2.24) is 9.55 Å². The van der Waals surface area contributed by atoms with E-state index in [0.717, 1.165) is 16.6 Å². The molecule has 0 aliphatic rings. The number of rotatable bonds is 2. The minimum Gasteiger partial charge on any atom is -0.369 e. The van der Waals surface area contributed by atoms with E-state index >= 15 is 0 Å². The van der Waals surface area contributed by atoms with E-state index in [1.807, 2.05) is 35.8 Å². The summed E-state index contributed by atoms with van der Waals surface area (Å²) in [6, 6.07) is 12.6. The van der Waals surface area contributed by atoms with Crippen molar-refractivity contribution < 1.29 is 4.39 Å². The van der Waals surface area contributed by atoms with Crippen molar-refractivity contribution >= 4 is 17.0 Å². The first-order valence-corrected chi connectivity index (χ1v) is 6.11. The molecule has 0 radical (unpaired) electrons. The van der Waals surface area contributed by atoms with Gasteiger partial charge in [-0.05, 0) is 24.6 Å². The molecule has 3 rings (SSSR count). The number of hydrogen-bond donors (Lipinski definition) is 1. The lowest BCUT2D eigenvalue weighted by atomic mass is 10.2. The van der Waals surface area contributed by atoms with Crippen LogP contribution in [-0.4, -0.2) is 9.55 Å². The molecule has 0 aliphatic heterocycles. The van der Waals surface area contributed by atoms with Crippen LogP contribution in [0.4, 0.5) is 10.3 Å². The Balaban J connectivity index is 2.13. The summed E-state index contributed by atoms with van der Waals surface area (Å²) in [5.74, 6) is 0.184. The summed E-state index contributed by atoms with van der Waals surface area (Å²) in [6.45, 7) is 2.38. The SMILES string of the molecule is Cc1cccc2c1nc(N)n2Cc1ccccc1F. The highest BCUT2D eigenvalue weighted by atomic mass is 19.1. The minimum absolute atomic E-state index is 0.226. The maximum absolute atomic E-state index is 13.7. The highest BCUT2D eigenvalue weighted by molar-refractivity contribution is 5.81. The first kappa shape index (κ1) is 11.7. The van der Waals surface area contributed by atoms with E-state index in [-0.39, 0.29) is 5.82 Å². The van der Waals surface area contributed by atoms with Gasteiger partial charge in [0, 0.05) is 5.56 Å². The van der Waals surface area contributed by atoms with Crippen LogP contribution in [0.3, 0.4) is 0 Å². The van der Waals surface area contributed by atoms with E-state index in [9.17, 15) is 4.39 Å². The number of benzene rings is 2. The first-order valence-electron chi connectivity index (χ1n) is 6.11. The Hall–Kier alpha value is -2.36.